The third-order valence-electron chi connectivity index (χ3n) is 4.65. The number of hydrogen-bond donors (Lipinski definition) is 1. The summed E-state index contributed by atoms with van der Waals surface area (Å²) in [7, 11) is 1.95. The molecule has 2 aliphatic rings. The summed E-state index contributed by atoms with van der Waals surface area (Å²) >= 11 is 0. The quantitative estimate of drug-likeness (QED) is 0.845. The lowest BCUT2D eigenvalue weighted by molar-refractivity contribution is -0.135. The molecule has 1 heterocycles. The van der Waals surface area contributed by atoms with Crippen molar-refractivity contribution in [1.82, 2.24) is 4.90 Å². The Morgan fingerprint density at radius 1 is 1.26 bits per heavy atom. The summed E-state index contributed by atoms with van der Waals surface area (Å²) in [4.78, 5) is 14.3. The fourth-order valence-corrected chi connectivity index (χ4v) is 3.29. The van der Waals surface area contributed by atoms with Crippen LogP contribution in [0.1, 0.15) is 44.9 Å². The van der Waals surface area contributed by atoms with Gasteiger partial charge in [0.15, 0.2) is 0 Å². The van der Waals surface area contributed by atoms with Crippen molar-refractivity contribution in [2.75, 3.05) is 26.8 Å². The first-order valence-electron chi connectivity index (χ1n) is 7.75. The molecule has 2 N–H and O–H groups in total. The number of ether oxygens (including phenoxy) is 1. The third-order valence-corrected chi connectivity index (χ3v) is 4.65. The van der Waals surface area contributed by atoms with Gasteiger partial charge in [-0.3, -0.25) is 4.79 Å². The Kier molecular flexibility index (Phi) is 5.64. The molecule has 1 aliphatic heterocycles. The summed E-state index contributed by atoms with van der Waals surface area (Å²) < 4.78 is 5.37. The SMILES string of the molecule is CN(CCC1CCOCC1)C(=O)C1CCCC(N)C1. The van der Waals surface area contributed by atoms with Gasteiger partial charge in [-0.05, 0) is 44.4 Å². The fraction of sp³-hybridized carbons (Fsp3) is 0.933. The van der Waals surface area contributed by atoms with Gasteiger partial charge in [0.25, 0.3) is 0 Å². The topological polar surface area (TPSA) is 55.6 Å². The van der Waals surface area contributed by atoms with Gasteiger partial charge in [0.05, 0.1) is 0 Å². The van der Waals surface area contributed by atoms with E-state index in [1.54, 1.807) is 0 Å². The molecule has 1 aliphatic carbocycles. The maximum absolute atomic E-state index is 12.4. The van der Waals surface area contributed by atoms with Crippen LogP contribution in [0.2, 0.25) is 0 Å². The molecule has 4 heteroatoms. The first-order chi connectivity index (χ1) is 9.16. The Balaban J connectivity index is 1.72. The molecule has 0 spiro atoms. The van der Waals surface area contributed by atoms with Gasteiger partial charge in [-0.1, -0.05) is 6.42 Å². The van der Waals surface area contributed by atoms with E-state index >= 15 is 0 Å². The highest BCUT2D eigenvalue weighted by Crippen LogP contribution is 2.25. The zero-order valence-corrected chi connectivity index (χ0v) is 12.1. The smallest absolute Gasteiger partial charge is 0.225 e. The molecule has 4 nitrogen and oxygen atoms in total. The van der Waals surface area contributed by atoms with Gasteiger partial charge < -0.3 is 15.4 Å². The average Bonchev–Trinajstić information content (AvgIpc) is 2.45. The first kappa shape index (κ1) is 14.8. The molecule has 0 radical (unpaired) electrons. The Hall–Kier alpha value is -0.610. The molecule has 2 fully saturated rings. The van der Waals surface area contributed by atoms with Crippen LogP contribution in [0.5, 0.6) is 0 Å². The molecule has 0 aromatic carbocycles. The number of nitrogens with two attached hydrogens (primary N) is 1. The van der Waals surface area contributed by atoms with Crippen LogP contribution in [-0.2, 0) is 9.53 Å². The lowest BCUT2D eigenvalue weighted by Crippen LogP contribution is -2.39. The minimum atomic E-state index is 0.170. The number of hydrogen-bond acceptors (Lipinski definition) is 3. The molecular formula is C15H28N2O2. The summed E-state index contributed by atoms with van der Waals surface area (Å²) in [5.74, 6) is 1.21. The van der Waals surface area contributed by atoms with E-state index in [1.165, 1.54) is 0 Å². The summed E-state index contributed by atoms with van der Waals surface area (Å²) in [5, 5.41) is 0. The van der Waals surface area contributed by atoms with Crippen molar-refractivity contribution in [1.29, 1.82) is 0 Å². The summed E-state index contributed by atoms with van der Waals surface area (Å²) in [6.45, 7) is 2.66. The Morgan fingerprint density at radius 3 is 2.68 bits per heavy atom. The molecule has 2 rings (SSSR count). The molecular weight excluding hydrogens is 240 g/mol. The van der Waals surface area contributed by atoms with Crippen molar-refractivity contribution in [3.05, 3.63) is 0 Å². The molecule has 110 valence electrons. The van der Waals surface area contributed by atoms with Crippen LogP contribution in [0, 0.1) is 11.8 Å². The van der Waals surface area contributed by atoms with E-state index in [0.717, 1.165) is 70.6 Å². The molecule has 2 unspecified atom stereocenters. The normalized spacial score (nSPS) is 29.2. The number of carbonyl (C=O) groups is 1. The van der Waals surface area contributed by atoms with Crippen LogP contribution in [-0.4, -0.2) is 43.7 Å². The van der Waals surface area contributed by atoms with Crippen molar-refractivity contribution in [2.45, 2.75) is 51.0 Å². The fourth-order valence-electron chi connectivity index (χ4n) is 3.29. The number of nitrogens with zero attached hydrogens (tertiary/aromatic N) is 1. The van der Waals surface area contributed by atoms with Gasteiger partial charge >= 0.3 is 0 Å². The second-order valence-electron chi connectivity index (χ2n) is 6.23. The van der Waals surface area contributed by atoms with E-state index in [1.807, 2.05) is 11.9 Å². The van der Waals surface area contributed by atoms with Crippen LogP contribution in [0.15, 0.2) is 0 Å². The highest BCUT2D eigenvalue weighted by atomic mass is 16.5. The summed E-state index contributed by atoms with van der Waals surface area (Å²) in [6.07, 6.45) is 7.49. The minimum Gasteiger partial charge on any atom is -0.381 e. The van der Waals surface area contributed by atoms with E-state index in [0.29, 0.717) is 5.91 Å². The van der Waals surface area contributed by atoms with Crippen molar-refractivity contribution >= 4 is 5.91 Å². The first-order valence-corrected chi connectivity index (χ1v) is 7.75. The van der Waals surface area contributed by atoms with Gasteiger partial charge in [-0.25, -0.2) is 0 Å². The minimum absolute atomic E-state index is 0.170. The largest absolute Gasteiger partial charge is 0.381 e. The highest BCUT2D eigenvalue weighted by Gasteiger charge is 2.27. The zero-order valence-electron chi connectivity index (χ0n) is 12.1. The van der Waals surface area contributed by atoms with Gasteiger partial charge in [0.1, 0.15) is 0 Å². The highest BCUT2D eigenvalue weighted by molar-refractivity contribution is 5.78. The standard InChI is InChI=1S/C15H28N2O2/c1-17(8-5-12-6-9-19-10-7-12)15(18)13-3-2-4-14(16)11-13/h12-14H,2-11,16H2,1H3. The maximum Gasteiger partial charge on any atom is 0.225 e. The average molecular weight is 268 g/mol. The van der Waals surface area contributed by atoms with Gasteiger partial charge in [0.2, 0.25) is 5.91 Å². The van der Waals surface area contributed by atoms with E-state index in [-0.39, 0.29) is 12.0 Å². The monoisotopic (exact) mass is 268 g/mol. The molecule has 0 aromatic rings. The van der Waals surface area contributed by atoms with Crippen molar-refractivity contribution < 1.29 is 9.53 Å². The Morgan fingerprint density at radius 2 is 2.00 bits per heavy atom. The van der Waals surface area contributed by atoms with E-state index < -0.39 is 0 Å². The number of amides is 1. The van der Waals surface area contributed by atoms with Crippen LogP contribution in [0.25, 0.3) is 0 Å². The number of carbonyl (C=O) groups excluding carboxylic acids is 1. The predicted octanol–water partition coefficient (Wildman–Crippen LogP) is 1.78. The van der Waals surface area contributed by atoms with Crippen LogP contribution >= 0.6 is 0 Å². The molecule has 1 amide bonds. The van der Waals surface area contributed by atoms with Gasteiger partial charge in [0, 0.05) is 38.8 Å². The van der Waals surface area contributed by atoms with Crippen LogP contribution in [0.4, 0.5) is 0 Å². The lowest BCUT2D eigenvalue weighted by Gasteiger charge is -2.30. The van der Waals surface area contributed by atoms with E-state index in [9.17, 15) is 4.79 Å². The van der Waals surface area contributed by atoms with Gasteiger partial charge in [-0.15, -0.1) is 0 Å². The Bertz CT molecular complexity index is 290. The second kappa shape index (κ2) is 7.25. The second-order valence-corrected chi connectivity index (χ2v) is 6.23. The maximum atomic E-state index is 12.4. The molecule has 2 atom stereocenters. The van der Waals surface area contributed by atoms with Crippen molar-refractivity contribution in [3.8, 4) is 0 Å². The van der Waals surface area contributed by atoms with Crippen LogP contribution in [0.3, 0.4) is 0 Å². The van der Waals surface area contributed by atoms with Crippen molar-refractivity contribution in [2.24, 2.45) is 17.6 Å². The summed E-state index contributed by atoms with van der Waals surface area (Å²) in [6, 6.07) is 0.228. The van der Waals surface area contributed by atoms with E-state index in [4.69, 9.17) is 10.5 Å². The van der Waals surface area contributed by atoms with Gasteiger partial charge in [-0.2, -0.15) is 0 Å². The zero-order chi connectivity index (χ0) is 13.7. The van der Waals surface area contributed by atoms with Crippen LogP contribution < -0.4 is 5.73 Å². The molecule has 0 bridgehead atoms. The molecule has 0 aromatic heterocycles. The molecule has 19 heavy (non-hydrogen) atoms. The van der Waals surface area contributed by atoms with E-state index in [2.05, 4.69) is 0 Å². The Labute approximate surface area is 116 Å². The molecule has 1 saturated carbocycles. The summed E-state index contributed by atoms with van der Waals surface area (Å²) in [5.41, 5.74) is 5.97. The third kappa shape index (κ3) is 4.46. The number of rotatable bonds is 4. The van der Waals surface area contributed by atoms with Crippen molar-refractivity contribution in [3.63, 3.8) is 0 Å². The predicted molar refractivity (Wildman–Crippen MR) is 75.7 cm³/mol. The molecule has 1 saturated heterocycles. The lowest BCUT2D eigenvalue weighted by atomic mass is 9.85.